The summed E-state index contributed by atoms with van der Waals surface area (Å²) in [5, 5.41) is 13.3. The average molecular weight is 451 g/mol. The van der Waals surface area contributed by atoms with E-state index in [1.807, 2.05) is 24.3 Å². The minimum Gasteiger partial charge on any atom is -0.385 e. The fourth-order valence-corrected chi connectivity index (χ4v) is 3.59. The molecule has 1 aromatic carbocycles. The van der Waals surface area contributed by atoms with Gasteiger partial charge in [-0.15, -0.1) is 0 Å². The quantitative estimate of drug-likeness (QED) is 0.324. The van der Waals surface area contributed by atoms with Gasteiger partial charge in [0.2, 0.25) is 0 Å². The number of rotatable bonds is 14. The maximum absolute atomic E-state index is 13.0. The van der Waals surface area contributed by atoms with E-state index in [-0.39, 0.29) is 24.0 Å². The van der Waals surface area contributed by atoms with Gasteiger partial charge in [-0.25, -0.2) is 0 Å². The lowest BCUT2D eigenvalue weighted by atomic mass is 10.1. The third-order valence-corrected chi connectivity index (χ3v) is 5.92. The highest BCUT2D eigenvalue weighted by atomic mass is 16.1. The number of unbranched alkanes of at least 4 members (excludes halogenated alkanes) is 1. The molecule has 5 heteroatoms. The Kier molecular flexibility index (Phi) is 11.4. The lowest BCUT2D eigenvalue weighted by Crippen LogP contribution is -2.48. The Morgan fingerprint density at radius 3 is 2.58 bits per heavy atom. The molecular formula is C28H42N4O. The minimum absolute atomic E-state index is 0.104. The third-order valence-electron chi connectivity index (χ3n) is 5.92. The summed E-state index contributed by atoms with van der Waals surface area (Å²) < 4.78 is 0. The summed E-state index contributed by atoms with van der Waals surface area (Å²) in [6.07, 6.45) is 14.8. The number of carbonyl (C=O) groups excluding carboxylic acids is 1. The highest BCUT2D eigenvalue weighted by molar-refractivity contribution is 5.94. The molecule has 180 valence electrons. The molecule has 0 aromatic heterocycles. The molecule has 2 rings (SSSR count). The van der Waals surface area contributed by atoms with E-state index in [1.54, 1.807) is 0 Å². The number of hydrogen-bond donors (Lipinski definition) is 4. The van der Waals surface area contributed by atoms with Gasteiger partial charge in [-0.1, -0.05) is 69.9 Å². The molecule has 1 aromatic rings. The van der Waals surface area contributed by atoms with Gasteiger partial charge >= 0.3 is 0 Å². The smallest absolute Gasteiger partial charge is 0.251 e. The zero-order chi connectivity index (χ0) is 24.1. The van der Waals surface area contributed by atoms with Gasteiger partial charge in [0.1, 0.15) is 0 Å². The van der Waals surface area contributed by atoms with Gasteiger partial charge in [-0.2, -0.15) is 0 Å². The molecule has 1 aliphatic carbocycles. The summed E-state index contributed by atoms with van der Waals surface area (Å²) in [5.74, 6) is 0.634. The van der Waals surface area contributed by atoms with Crippen molar-refractivity contribution in [3.05, 3.63) is 84.4 Å². The molecule has 0 aliphatic heterocycles. The number of aryl methyl sites for hydroxylation is 1. The van der Waals surface area contributed by atoms with Crippen LogP contribution in [0.1, 0.15) is 68.8 Å². The molecule has 1 aliphatic rings. The molecule has 4 N–H and O–H groups in total. The van der Waals surface area contributed by atoms with E-state index in [0.717, 1.165) is 50.0 Å². The van der Waals surface area contributed by atoms with Gasteiger partial charge in [0.15, 0.2) is 0 Å². The minimum atomic E-state index is -0.281. The first-order valence-corrected chi connectivity index (χ1v) is 12.3. The summed E-state index contributed by atoms with van der Waals surface area (Å²) in [7, 11) is 0. The number of hydrogen-bond acceptors (Lipinski definition) is 4. The highest BCUT2D eigenvalue weighted by Gasteiger charge is 2.18. The molecule has 33 heavy (non-hydrogen) atoms. The second-order valence-corrected chi connectivity index (χ2v) is 8.81. The first-order chi connectivity index (χ1) is 15.9. The van der Waals surface area contributed by atoms with Gasteiger partial charge in [0, 0.05) is 29.9 Å². The second kappa shape index (κ2) is 14.2. The Balaban J connectivity index is 1.98. The fourth-order valence-electron chi connectivity index (χ4n) is 3.59. The molecule has 0 fully saturated rings. The predicted octanol–water partition coefficient (Wildman–Crippen LogP) is 4.95. The molecular weight excluding hydrogens is 408 g/mol. The zero-order valence-corrected chi connectivity index (χ0v) is 20.6. The third kappa shape index (κ3) is 9.60. The van der Waals surface area contributed by atoms with Crippen LogP contribution < -0.4 is 21.3 Å². The van der Waals surface area contributed by atoms with E-state index in [2.05, 4.69) is 79.5 Å². The number of amides is 1. The van der Waals surface area contributed by atoms with Crippen LogP contribution in [0, 0.1) is 0 Å². The monoisotopic (exact) mass is 450 g/mol. The van der Waals surface area contributed by atoms with Crippen molar-refractivity contribution in [3.8, 4) is 0 Å². The van der Waals surface area contributed by atoms with E-state index in [9.17, 15) is 4.79 Å². The van der Waals surface area contributed by atoms with Crippen LogP contribution in [0.4, 0.5) is 0 Å². The average Bonchev–Trinajstić information content (AvgIpc) is 3.08. The zero-order valence-electron chi connectivity index (χ0n) is 20.6. The molecule has 5 nitrogen and oxygen atoms in total. The van der Waals surface area contributed by atoms with Crippen molar-refractivity contribution >= 4 is 5.91 Å². The summed E-state index contributed by atoms with van der Waals surface area (Å²) >= 11 is 0. The van der Waals surface area contributed by atoms with Gasteiger partial charge in [0.25, 0.3) is 5.91 Å². The van der Waals surface area contributed by atoms with Crippen LogP contribution in [-0.4, -0.2) is 30.6 Å². The van der Waals surface area contributed by atoms with Crippen LogP contribution in [0.25, 0.3) is 0 Å². The molecule has 1 amide bonds. The Labute approximate surface area is 200 Å². The van der Waals surface area contributed by atoms with Crippen LogP contribution in [0.3, 0.4) is 0 Å². The van der Waals surface area contributed by atoms with Crippen LogP contribution in [0.5, 0.6) is 0 Å². The summed E-state index contributed by atoms with van der Waals surface area (Å²) in [5.41, 5.74) is 2.71. The first kappa shape index (κ1) is 26.3. The van der Waals surface area contributed by atoms with Crippen molar-refractivity contribution in [2.24, 2.45) is 0 Å². The number of benzene rings is 1. The highest BCUT2D eigenvalue weighted by Crippen LogP contribution is 2.10. The normalized spacial score (nSPS) is 16.9. The van der Waals surface area contributed by atoms with E-state index in [1.165, 1.54) is 5.56 Å². The molecule has 0 saturated carbocycles. The molecule has 2 unspecified atom stereocenters. The van der Waals surface area contributed by atoms with Crippen LogP contribution in [0.2, 0.25) is 0 Å². The largest absolute Gasteiger partial charge is 0.385 e. The molecule has 3 atom stereocenters. The van der Waals surface area contributed by atoms with Crippen molar-refractivity contribution in [3.63, 3.8) is 0 Å². The first-order valence-electron chi connectivity index (χ1n) is 12.3. The Hall–Kier alpha value is -2.95. The molecule has 0 saturated heterocycles. The van der Waals surface area contributed by atoms with E-state index < -0.39 is 0 Å². The SMILES string of the molecule is C=C(NC[C@H](NC(=O)c1ccc(CCCC)cc1)C(=C)NC(C)CC)NC1C=CC=CCC1. The molecule has 0 radical (unpaired) electrons. The number of nitrogens with one attached hydrogen (secondary N) is 4. The van der Waals surface area contributed by atoms with Gasteiger partial charge < -0.3 is 21.3 Å². The summed E-state index contributed by atoms with van der Waals surface area (Å²) in [6, 6.07) is 8.14. The summed E-state index contributed by atoms with van der Waals surface area (Å²) in [6.45, 7) is 15.2. The van der Waals surface area contributed by atoms with Gasteiger partial charge in [0.05, 0.1) is 11.9 Å². The van der Waals surface area contributed by atoms with Crippen LogP contribution in [0.15, 0.2) is 73.2 Å². The Bertz CT molecular complexity index is 825. The van der Waals surface area contributed by atoms with E-state index in [4.69, 9.17) is 0 Å². The Morgan fingerprint density at radius 1 is 1.12 bits per heavy atom. The lowest BCUT2D eigenvalue weighted by molar-refractivity contribution is 0.0941. The number of allylic oxidation sites excluding steroid dienone is 3. The maximum atomic E-state index is 13.0. The lowest BCUT2D eigenvalue weighted by Gasteiger charge is -2.27. The van der Waals surface area contributed by atoms with Crippen molar-refractivity contribution in [1.29, 1.82) is 0 Å². The van der Waals surface area contributed by atoms with Crippen molar-refractivity contribution < 1.29 is 4.79 Å². The second-order valence-electron chi connectivity index (χ2n) is 8.81. The van der Waals surface area contributed by atoms with Gasteiger partial charge in [-0.3, -0.25) is 4.79 Å². The van der Waals surface area contributed by atoms with Crippen LogP contribution in [-0.2, 0) is 6.42 Å². The van der Waals surface area contributed by atoms with E-state index in [0.29, 0.717) is 12.1 Å². The predicted molar refractivity (Wildman–Crippen MR) is 140 cm³/mol. The molecule has 0 spiro atoms. The standard InChI is InChI=1S/C28H42N4O/c1-6-8-13-24-16-18-25(19-17-24)28(33)32-27(22(4)30-21(3)7-2)20-29-23(5)31-26-14-11-9-10-12-15-26/h9-11,14,16-19,21,26-27,29-31H,4-8,12-13,15,20H2,1-3H3,(H,32,33)/t21?,26?,27-/m0/s1. The van der Waals surface area contributed by atoms with Crippen molar-refractivity contribution in [2.75, 3.05) is 6.54 Å². The molecule has 0 heterocycles. The summed E-state index contributed by atoms with van der Waals surface area (Å²) in [4.78, 5) is 13.0. The maximum Gasteiger partial charge on any atom is 0.251 e. The molecule has 0 bridgehead atoms. The topological polar surface area (TPSA) is 65.2 Å². The fraction of sp³-hybridized carbons (Fsp3) is 0.464. The van der Waals surface area contributed by atoms with E-state index >= 15 is 0 Å². The number of carbonyl (C=O) groups is 1. The van der Waals surface area contributed by atoms with Crippen LogP contribution >= 0.6 is 0 Å². The van der Waals surface area contributed by atoms with Crippen molar-refractivity contribution in [2.45, 2.75) is 77.4 Å². The Morgan fingerprint density at radius 2 is 1.88 bits per heavy atom. The van der Waals surface area contributed by atoms with Crippen molar-refractivity contribution in [1.82, 2.24) is 21.3 Å². The van der Waals surface area contributed by atoms with Gasteiger partial charge in [-0.05, 0) is 56.7 Å².